The Morgan fingerprint density at radius 3 is 2.71 bits per heavy atom. The lowest BCUT2D eigenvalue weighted by molar-refractivity contribution is -0.118. The fraction of sp³-hybridized carbons (Fsp3) is 0.733. The van der Waals surface area contributed by atoms with E-state index < -0.39 is 6.10 Å². The summed E-state index contributed by atoms with van der Waals surface area (Å²) < 4.78 is 0. The summed E-state index contributed by atoms with van der Waals surface area (Å²) in [7, 11) is 0. The largest absolute Gasteiger partial charge is 0.392 e. The lowest BCUT2D eigenvalue weighted by Gasteiger charge is -2.10. The average molecular weight is 292 g/mol. The number of rotatable bonds is 3. The molecule has 116 valence electrons. The van der Waals surface area contributed by atoms with Crippen LogP contribution in [-0.4, -0.2) is 39.9 Å². The Kier molecular flexibility index (Phi) is 4.55. The number of aromatic nitrogens is 2. The Morgan fingerprint density at radius 1 is 1.29 bits per heavy atom. The molecule has 0 radical (unpaired) electrons. The van der Waals surface area contributed by atoms with Gasteiger partial charge in [0.25, 0.3) is 0 Å². The Morgan fingerprint density at radius 2 is 2.05 bits per heavy atom. The lowest BCUT2D eigenvalue weighted by atomic mass is 9.97. The molecule has 1 aromatic heterocycles. The molecule has 6 nitrogen and oxygen atoms in total. The molecule has 1 aromatic rings. The predicted octanol–water partition coefficient (Wildman–Crippen LogP) is 1.51. The molecule has 1 aliphatic heterocycles. The first kappa shape index (κ1) is 14.5. The minimum Gasteiger partial charge on any atom is -0.392 e. The van der Waals surface area contributed by atoms with Crippen LogP contribution in [0.4, 0.5) is 5.82 Å². The smallest absolute Gasteiger partial charge is 0.242 e. The molecule has 0 spiro atoms. The molecule has 0 aromatic carbocycles. The molecule has 2 unspecified atom stereocenters. The van der Waals surface area contributed by atoms with E-state index in [1.807, 2.05) is 6.07 Å². The monoisotopic (exact) mass is 292 g/mol. The van der Waals surface area contributed by atoms with Crippen molar-refractivity contribution >= 4 is 11.7 Å². The highest BCUT2D eigenvalue weighted by atomic mass is 16.3. The fourth-order valence-corrected chi connectivity index (χ4v) is 3.33. The van der Waals surface area contributed by atoms with Gasteiger partial charge in [0.2, 0.25) is 5.91 Å². The van der Waals surface area contributed by atoms with Gasteiger partial charge in [0.1, 0.15) is 0 Å². The lowest BCUT2D eigenvalue weighted by Crippen LogP contribution is -2.35. The number of anilines is 1. The van der Waals surface area contributed by atoms with Crippen LogP contribution >= 0.6 is 0 Å². The van der Waals surface area contributed by atoms with E-state index in [2.05, 4.69) is 20.8 Å². The van der Waals surface area contributed by atoms with Gasteiger partial charge in [-0.15, -0.1) is 0 Å². The SMILES string of the molecule is O=C(Nc1cc(C2CCCCCC2)[nH]n1)C1CC(O)CN1. The molecule has 2 atom stereocenters. The van der Waals surface area contributed by atoms with Gasteiger partial charge in [-0.25, -0.2) is 0 Å². The number of H-pyrrole nitrogens is 1. The van der Waals surface area contributed by atoms with Crippen LogP contribution in [0.2, 0.25) is 0 Å². The van der Waals surface area contributed by atoms with Crippen LogP contribution in [0.3, 0.4) is 0 Å². The highest BCUT2D eigenvalue weighted by Crippen LogP contribution is 2.31. The molecule has 1 saturated heterocycles. The summed E-state index contributed by atoms with van der Waals surface area (Å²) in [6.45, 7) is 0.478. The Labute approximate surface area is 124 Å². The number of nitrogens with zero attached hydrogens (tertiary/aromatic N) is 1. The first-order valence-corrected chi connectivity index (χ1v) is 8.00. The van der Waals surface area contributed by atoms with Crippen LogP contribution in [-0.2, 0) is 4.79 Å². The molecule has 2 heterocycles. The molecule has 0 bridgehead atoms. The highest BCUT2D eigenvalue weighted by molar-refractivity contribution is 5.94. The zero-order valence-electron chi connectivity index (χ0n) is 12.3. The van der Waals surface area contributed by atoms with E-state index in [1.54, 1.807) is 0 Å². The second-order valence-electron chi connectivity index (χ2n) is 6.24. The van der Waals surface area contributed by atoms with E-state index in [-0.39, 0.29) is 11.9 Å². The summed E-state index contributed by atoms with van der Waals surface area (Å²) in [5.41, 5.74) is 1.13. The second-order valence-corrected chi connectivity index (χ2v) is 6.24. The second kappa shape index (κ2) is 6.58. The highest BCUT2D eigenvalue weighted by Gasteiger charge is 2.28. The van der Waals surface area contributed by atoms with Crippen LogP contribution in [0, 0.1) is 0 Å². The van der Waals surface area contributed by atoms with Crippen molar-refractivity contribution in [2.45, 2.75) is 63.0 Å². The van der Waals surface area contributed by atoms with Gasteiger partial charge in [-0.3, -0.25) is 9.89 Å². The molecule has 4 N–H and O–H groups in total. The summed E-state index contributed by atoms with van der Waals surface area (Å²) in [4.78, 5) is 12.1. The van der Waals surface area contributed by atoms with Crippen molar-refractivity contribution in [2.24, 2.45) is 0 Å². The van der Waals surface area contributed by atoms with Gasteiger partial charge < -0.3 is 15.7 Å². The zero-order valence-corrected chi connectivity index (χ0v) is 12.3. The molecule has 1 saturated carbocycles. The minimum absolute atomic E-state index is 0.120. The molecule has 3 rings (SSSR count). The standard InChI is InChI=1S/C15H24N4O2/c20-11-7-13(16-9-11)15(21)17-14-8-12(18-19-14)10-5-3-1-2-4-6-10/h8,10-11,13,16,20H,1-7,9H2,(H2,17,18,19,21). The van der Waals surface area contributed by atoms with E-state index in [4.69, 9.17) is 0 Å². The van der Waals surface area contributed by atoms with Crippen molar-refractivity contribution in [3.63, 3.8) is 0 Å². The Bertz CT molecular complexity index is 480. The minimum atomic E-state index is -0.429. The molecular weight excluding hydrogens is 268 g/mol. The number of aliphatic hydroxyl groups excluding tert-OH is 1. The molecule has 1 amide bonds. The predicted molar refractivity (Wildman–Crippen MR) is 80.1 cm³/mol. The molecule has 6 heteroatoms. The number of amides is 1. The summed E-state index contributed by atoms with van der Waals surface area (Å²) >= 11 is 0. The third-order valence-corrected chi connectivity index (χ3v) is 4.57. The molecule has 2 aliphatic rings. The number of hydrogen-bond donors (Lipinski definition) is 4. The van der Waals surface area contributed by atoms with Crippen LogP contribution < -0.4 is 10.6 Å². The van der Waals surface area contributed by atoms with Gasteiger partial charge in [0, 0.05) is 24.2 Å². The van der Waals surface area contributed by atoms with E-state index in [0.717, 1.165) is 5.69 Å². The van der Waals surface area contributed by atoms with Crippen molar-refractivity contribution in [2.75, 3.05) is 11.9 Å². The van der Waals surface area contributed by atoms with Crippen molar-refractivity contribution in [1.29, 1.82) is 0 Å². The van der Waals surface area contributed by atoms with Gasteiger partial charge in [0.15, 0.2) is 5.82 Å². The van der Waals surface area contributed by atoms with Crippen LogP contribution in [0.5, 0.6) is 0 Å². The van der Waals surface area contributed by atoms with Crippen molar-refractivity contribution in [1.82, 2.24) is 15.5 Å². The van der Waals surface area contributed by atoms with Crippen molar-refractivity contribution < 1.29 is 9.90 Å². The topological polar surface area (TPSA) is 90.0 Å². The third kappa shape index (κ3) is 3.63. The van der Waals surface area contributed by atoms with Gasteiger partial charge in [-0.1, -0.05) is 25.7 Å². The number of hydrogen-bond acceptors (Lipinski definition) is 4. The summed E-state index contributed by atoms with van der Waals surface area (Å²) in [6, 6.07) is 1.64. The van der Waals surface area contributed by atoms with Gasteiger partial charge in [-0.2, -0.15) is 5.10 Å². The van der Waals surface area contributed by atoms with E-state index >= 15 is 0 Å². The average Bonchev–Trinajstić information content (AvgIpc) is 3.01. The van der Waals surface area contributed by atoms with Gasteiger partial charge in [-0.05, 0) is 19.3 Å². The summed E-state index contributed by atoms with van der Waals surface area (Å²) in [5.74, 6) is 1.00. The van der Waals surface area contributed by atoms with Gasteiger partial charge >= 0.3 is 0 Å². The van der Waals surface area contributed by atoms with Crippen LogP contribution in [0.15, 0.2) is 6.07 Å². The maximum atomic E-state index is 12.1. The van der Waals surface area contributed by atoms with E-state index in [9.17, 15) is 9.90 Å². The number of carbonyl (C=O) groups is 1. The maximum Gasteiger partial charge on any atom is 0.242 e. The van der Waals surface area contributed by atoms with E-state index in [1.165, 1.54) is 38.5 Å². The zero-order chi connectivity index (χ0) is 14.7. The van der Waals surface area contributed by atoms with E-state index in [0.29, 0.717) is 24.7 Å². The molecular formula is C15H24N4O2. The number of aromatic amines is 1. The molecule has 21 heavy (non-hydrogen) atoms. The number of β-amino-alcohol motifs (C(OH)–C–C–N with tert-alkyl or cyclic N) is 1. The Balaban J connectivity index is 1.58. The quantitative estimate of drug-likeness (QED) is 0.636. The number of nitrogens with one attached hydrogen (secondary N) is 3. The normalized spacial score (nSPS) is 27.5. The first-order chi connectivity index (χ1) is 10.2. The summed E-state index contributed by atoms with van der Waals surface area (Å²) in [5, 5.41) is 22.6. The molecule has 2 fully saturated rings. The maximum absolute atomic E-state index is 12.1. The summed E-state index contributed by atoms with van der Waals surface area (Å²) in [6.07, 6.45) is 7.63. The van der Waals surface area contributed by atoms with Crippen molar-refractivity contribution in [3.8, 4) is 0 Å². The van der Waals surface area contributed by atoms with Crippen molar-refractivity contribution in [3.05, 3.63) is 11.8 Å². The number of aliphatic hydroxyl groups is 1. The Hall–Kier alpha value is -1.40. The third-order valence-electron chi connectivity index (χ3n) is 4.57. The first-order valence-electron chi connectivity index (χ1n) is 8.00. The van der Waals surface area contributed by atoms with Crippen LogP contribution in [0.25, 0.3) is 0 Å². The van der Waals surface area contributed by atoms with Crippen LogP contribution in [0.1, 0.15) is 56.6 Å². The number of carbonyl (C=O) groups excluding carboxylic acids is 1. The van der Waals surface area contributed by atoms with Gasteiger partial charge in [0.05, 0.1) is 12.1 Å². The fourth-order valence-electron chi connectivity index (χ4n) is 3.33. The molecule has 1 aliphatic carbocycles.